The molecule has 0 heterocycles. The summed E-state index contributed by atoms with van der Waals surface area (Å²) >= 11 is 11.6. The minimum Gasteiger partial charge on any atom is -0.397 e. The molecule has 0 bridgehead atoms. The Morgan fingerprint density at radius 1 is 1.40 bits per heavy atom. The number of anilines is 1. The lowest BCUT2D eigenvalue weighted by atomic mass is 10.1. The average molecular weight is 249 g/mol. The largest absolute Gasteiger partial charge is 0.397 e. The summed E-state index contributed by atoms with van der Waals surface area (Å²) < 4.78 is 0. The van der Waals surface area contributed by atoms with Crippen LogP contribution in [-0.4, -0.2) is 25.1 Å². The standard InChI is InChI=1S/C9H10Cl2N2O2/c1-13(15-2)9(14)7-5(10)3-4-6(11)8(7)12/h3-4H,12H2,1-2H3. The average Bonchev–Trinajstić information content (AvgIpc) is 2.22. The van der Waals surface area contributed by atoms with E-state index in [-0.39, 0.29) is 21.3 Å². The number of nitrogen functional groups attached to an aromatic ring is 1. The van der Waals surface area contributed by atoms with E-state index in [2.05, 4.69) is 0 Å². The molecular formula is C9H10Cl2N2O2. The quantitative estimate of drug-likeness (QED) is 0.645. The van der Waals surface area contributed by atoms with E-state index < -0.39 is 5.91 Å². The molecule has 0 atom stereocenters. The first-order valence-electron chi connectivity index (χ1n) is 4.04. The molecule has 0 radical (unpaired) electrons. The van der Waals surface area contributed by atoms with E-state index in [1.54, 1.807) is 0 Å². The van der Waals surface area contributed by atoms with Gasteiger partial charge < -0.3 is 5.73 Å². The van der Waals surface area contributed by atoms with Crippen LogP contribution < -0.4 is 5.73 Å². The molecule has 0 spiro atoms. The van der Waals surface area contributed by atoms with Crippen molar-refractivity contribution in [2.45, 2.75) is 0 Å². The van der Waals surface area contributed by atoms with E-state index in [4.69, 9.17) is 33.8 Å². The fourth-order valence-corrected chi connectivity index (χ4v) is 1.43. The van der Waals surface area contributed by atoms with Crippen molar-refractivity contribution in [2.24, 2.45) is 0 Å². The molecule has 0 unspecified atom stereocenters. The topological polar surface area (TPSA) is 55.6 Å². The van der Waals surface area contributed by atoms with Crippen LogP contribution in [-0.2, 0) is 4.84 Å². The molecule has 2 N–H and O–H groups in total. The summed E-state index contributed by atoms with van der Waals surface area (Å²) in [6, 6.07) is 3.04. The Balaban J connectivity index is 3.24. The van der Waals surface area contributed by atoms with Crippen molar-refractivity contribution < 1.29 is 9.63 Å². The summed E-state index contributed by atoms with van der Waals surface area (Å²) in [5.74, 6) is -0.442. The number of carbonyl (C=O) groups excluding carboxylic acids is 1. The highest BCUT2D eigenvalue weighted by Gasteiger charge is 2.19. The van der Waals surface area contributed by atoms with Gasteiger partial charge in [0.1, 0.15) is 0 Å². The number of amides is 1. The highest BCUT2D eigenvalue weighted by atomic mass is 35.5. The van der Waals surface area contributed by atoms with E-state index in [0.717, 1.165) is 5.06 Å². The third kappa shape index (κ3) is 2.34. The summed E-state index contributed by atoms with van der Waals surface area (Å²) in [6.45, 7) is 0. The van der Waals surface area contributed by atoms with Gasteiger partial charge in [0.2, 0.25) is 0 Å². The summed E-state index contributed by atoms with van der Waals surface area (Å²) in [7, 11) is 2.82. The molecule has 4 nitrogen and oxygen atoms in total. The number of halogens is 2. The van der Waals surface area contributed by atoms with Gasteiger partial charge in [-0.25, -0.2) is 5.06 Å². The van der Waals surface area contributed by atoms with E-state index in [1.807, 2.05) is 0 Å². The van der Waals surface area contributed by atoms with Crippen LogP contribution in [0.4, 0.5) is 5.69 Å². The van der Waals surface area contributed by atoms with Crippen LogP contribution in [0.15, 0.2) is 12.1 Å². The lowest BCUT2D eigenvalue weighted by Crippen LogP contribution is -2.26. The minimum atomic E-state index is -0.442. The van der Waals surface area contributed by atoms with Crippen LogP contribution in [0.2, 0.25) is 10.0 Å². The fraction of sp³-hybridized carbons (Fsp3) is 0.222. The molecule has 82 valence electrons. The van der Waals surface area contributed by atoms with Crippen molar-refractivity contribution in [3.63, 3.8) is 0 Å². The van der Waals surface area contributed by atoms with Crippen molar-refractivity contribution in [3.05, 3.63) is 27.7 Å². The Hall–Kier alpha value is -0.970. The number of rotatable bonds is 2. The van der Waals surface area contributed by atoms with E-state index in [1.165, 1.54) is 26.3 Å². The zero-order chi connectivity index (χ0) is 11.6. The van der Waals surface area contributed by atoms with Gasteiger partial charge in [0.05, 0.1) is 28.4 Å². The number of nitrogens with zero attached hydrogens (tertiary/aromatic N) is 1. The second kappa shape index (κ2) is 4.70. The van der Waals surface area contributed by atoms with E-state index in [9.17, 15) is 4.79 Å². The molecule has 0 saturated carbocycles. The normalized spacial score (nSPS) is 10.1. The van der Waals surface area contributed by atoms with Gasteiger partial charge in [-0.05, 0) is 12.1 Å². The maximum Gasteiger partial charge on any atom is 0.280 e. The van der Waals surface area contributed by atoms with Crippen molar-refractivity contribution >= 4 is 34.8 Å². The molecule has 1 rings (SSSR count). The van der Waals surface area contributed by atoms with Crippen LogP contribution >= 0.6 is 23.2 Å². The smallest absolute Gasteiger partial charge is 0.280 e. The lowest BCUT2D eigenvalue weighted by molar-refractivity contribution is -0.0756. The number of hydroxylamine groups is 2. The molecule has 0 aromatic heterocycles. The van der Waals surface area contributed by atoms with Gasteiger partial charge in [-0.1, -0.05) is 23.2 Å². The van der Waals surface area contributed by atoms with Crippen molar-refractivity contribution in [1.29, 1.82) is 0 Å². The summed E-state index contributed by atoms with van der Waals surface area (Å²) in [6.07, 6.45) is 0. The predicted molar refractivity (Wildman–Crippen MR) is 60.0 cm³/mol. The van der Waals surface area contributed by atoms with Crippen molar-refractivity contribution in [2.75, 3.05) is 19.9 Å². The minimum absolute atomic E-state index is 0.147. The van der Waals surface area contributed by atoms with E-state index >= 15 is 0 Å². The molecule has 0 aliphatic rings. The predicted octanol–water partition coefficient (Wildman–Crippen LogP) is 2.21. The Morgan fingerprint density at radius 3 is 2.47 bits per heavy atom. The third-order valence-corrected chi connectivity index (χ3v) is 2.56. The molecule has 15 heavy (non-hydrogen) atoms. The van der Waals surface area contributed by atoms with Gasteiger partial charge in [0.15, 0.2) is 0 Å². The highest BCUT2D eigenvalue weighted by Crippen LogP contribution is 2.30. The summed E-state index contributed by atoms with van der Waals surface area (Å²) in [5, 5.41) is 1.55. The lowest BCUT2D eigenvalue weighted by Gasteiger charge is -2.16. The molecule has 1 aromatic carbocycles. The Labute approximate surface area is 97.5 Å². The van der Waals surface area contributed by atoms with Crippen molar-refractivity contribution in [1.82, 2.24) is 5.06 Å². The van der Waals surface area contributed by atoms with Gasteiger partial charge in [-0.2, -0.15) is 0 Å². The number of hydrogen-bond acceptors (Lipinski definition) is 3. The van der Waals surface area contributed by atoms with Crippen LogP contribution in [0, 0.1) is 0 Å². The van der Waals surface area contributed by atoms with Crippen molar-refractivity contribution in [3.8, 4) is 0 Å². The molecule has 1 aromatic rings. The Morgan fingerprint density at radius 2 is 1.93 bits per heavy atom. The molecule has 1 amide bonds. The molecule has 0 fully saturated rings. The monoisotopic (exact) mass is 248 g/mol. The summed E-state index contributed by atoms with van der Waals surface area (Å²) in [4.78, 5) is 16.5. The number of nitrogens with two attached hydrogens (primary N) is 1. The Kier molecular flexibility index (Phi) is 3.79. The molecular weight excluding hydrogens is 239 g/mol. The SMILES string of the molecule is CON(C)C(=O)c1c(Cl)ccc(Cl)c1N. The second-order valence-corrected chi connectivity index (χ2v) is 3.62. The molecule has 0 saturated heterocycles. The fourth-order valence-electron chi connectivity index (χ4n) is 1.03. The zero-order valence-electron chi connectivity index (χ0n) is 8.25. The first-order chi connectivity index (χ1) is 6.99. The van der Waals surface area contributed by atoms with Crippen LogP contribution in [0.3, 0.4) is 0 Å². The number of benzene rings is 1. The first kappa shape index (κ1) is 12.1. The maximum absolute atomic E-state index is 11.7. The Bertz CT molecular complexity index is 396. The van der Waals surface area contributed by atoms with Crippen LogP contribution in [0.5, 0.6) is 0 Å². The second-order valence-electron chi connectivity index (χ2n) is 2.80. The van der Waals surface area contributed by atoms with Crippen LogP contribution in [0.25, 0.3) is 0 Å². The van der Waals surface area contributed by atoms with Gasteiger partial charge in [0.25, 0.3) is 5.91 Å². The molecule has 0 aliphatic carbocycles. The maximum atomic E-state index is 11.7. The number of carbonyl (C=O) groups is 1. The molecule has 0 aliphatic heterocycles. The summed E-state index contributed by atoms with van der Waals surface area (Å²) in [5.41, 5.74) is 5.96. The highest BCUT2D eigenvalue weighted by molar-refractivity contribution is 6.38. The number of hydrogen-bond donors (Lipinski definition) is 1. The first-order valence-corrected chi connectivity index (χ1v) is 4.80. The van der Waals surface area contributed by atoms with Gasteiger partial charge >= 0.3 is 0 Å². The third-order valence-electron chi connectivity index (χ3n) is 1.92. The zero-order valence-corrected chi connectivity index (χ0v) is 9.76. The van der Waals surface area contributed by atoms with Gasteiger partial charge in [-0.3, -0.25) is 9.63 Å². The van der Waals surface area contributed by atoms with Gasteiger partial charge in [-0.15, -0.1) is 0 Å². The van der Waals surface area contributed by atoms with Crippen LogP contribution in [0.1, 0.15) is 10.4 Å². The van der Waals surface area contributed by atoms with E-state index in [0.29, 0.717) is 0 Å². The van der Waals surface area contributed by atoms with Gasteiger partial charge in [0, 0.05) is 7.05 Å². The molecule has 6 heteroatoms.